The summed E-state index contributed by atoms with van der Waals surface area (Å²) in [5.74, 6) is 1.31. The van der Waals surface area contributed by atoms with Gasteiger partial charge in [-0.25, -0.2) is 0 Å². The van der Waals surface area contributed by atoms with Crippen LogP contribution in [-0.2, 0) is 0 Å². The SMILES string of the molecule is COc1cccc(C(N)c2c(Br)cnn2C(C)C)c1OC. The summed E-state index contributed by atoms with van der Waals surface area (Å²) in [4.78, 5) is 0. The zero-order valence-electron chi connectivity index (χ0n) is 12.6. The van der Waals surface area contributed by atoms with Gasteiger partial charge < -0.3 is 15.2 Å². The maximum absolute atomic E-state index is 6.47. The number of benzene rings is 1. The molecule has 0 fully saturated rings. The molecule has 0 aliphatic carbocycles. The maximum Gasteiger partial charge on any atom is 0.165 e. The molecule has 2 N–H and O–H groups in total. The molecule has 114 valence electrons. The summed E-state index contributed by atoms with van der Waals surface area (Å²) in [6.45, 7) is 4.14. The highest BCUT2D eigenvalue weighted by Gasteiger charge is 2.24. The molecular formula is C15H20BrN3O2. The topological polar surface area (TPSA) is 62.3 Å². The molecule has 2 aromatic rings. The Morgan fingerprint density at radius 3 is 2.52 bits per heavy atom. The van der Waals surface area contributed by atoms with Crippen LogP contribution in [0.3, 0.4) is 0 Å². The predicted octanol–water partition coefficient (Wildman–Crippen LogP) is 3.29. The Labute approximate surface area is 133 Å². The second kappa shape index (κ2) is 6.49. The van der Waals surface area contributed by atoms with E-state index >= 15 is 0 Å². The lowest BCUT2D eigenvalue weighted by Crippen LogP contribution is -2.20. The van der Waals surface area contributed by atoms with Gasteiger partial charge in [0.1, 0.15) is 0 Å². The molecule has 1 aromatic carbocycles. The van der Waals surface area contributed by atoms with Crippen molar-refractivity contribution in [3.63, 3.8) is 0 Å². The van der Waals surface area contributed by atoms with Crippen LogP contribution in [0.4, 0.5) is 0 Å². The molecule has 0 bridgehead atoms. The molecule has 1 unspecified atom stereocenters. The van der Waals surface area contributed by atoms with E-state index in [0.717, 1.165) is 15.7 Å². The van der Waals surface area contributed by atoms with E-state index in [4.69, 9.17) is 15.2 Å². The fraction of sp³-hybridized carbons (Fsp3) is 0.400. The Morgan fingerprint density at radius 2 is 1.95 bits per heavy atom. The number of halogens is 1. The lowest BCUT2D eigenvalue weighted by molar-refractivity contribution is 0.350. The standard InChI is InChI=1S/C15H20BrN3O2/c1-9(2)19-14(11(16)8-18-19)13(17)10-6-5-7-12(20-3)15(10)21-4/h5-9,13H,17H2,1-4H3. The Bertz CT molecular complexity index is 625. The molecule has 0 amide bonds. The molecule has 0 spiro atoms. The van der Waals surface area contributed by atoms with Crippen LogP contribution in [0.25, 0.3) is 0 Å². The highest BCUT2D eigenvalue weighted by Crippen LogP contribution is 2.38. The van der Waals surface area contributed by atoms with Crippen molar-refractivity contribution < 1.29 is 9.47 Å². The van der Waals surface area contributed by atoms with Crippen molar-refractivity contribution in [2.24, 2.45) is 5.73 Å². The van der Waals surface area contributed by atoms with Gasteiger partial charge in [-0.05, 0) is 35.8 Å². The molecule has 2 rings (SSSR count). The maximum atomic E-state index is 6.47. The molecule has 0 aliphatic rings. The quantitative estimate of drug-likeness (QED) is 0.895. The van der Waals surface area contributed by atoms with Crippen molar-refractivity contribution in [2.45, 2.75) is 25.9 Å². The van der Waals surface area contributed by atoms with Crippen LogP contribution in [-0.4, -0.2) is 24.0 Å². The van der Waals surface area contributed by atoms with E-state index in [2.05, 4.69) is 34.9 Å². The first-order valence-electron chi connectivity index (χ1n) is 6.70. The second-order valence-corrected chi connectivity index (χ2v) is 5.83. The number of nitrogens with two attached hydrogens (primary N) is 1. The van der Waals surface area contributed by atoms with Gasteiger partial charge in [0.05, 0.1) is 36.6 Å². The second-order valence-electron chi connectivity index (χ2n) is 4.98. The monoisotopic (exact) mass is 353 g/mol. The van der Waals surface area contributed by atoms with E-state index in [1.54, 1.807) is 20.4 Å². The van der Waals surface area contributed by atoms with Crippen molar-refractivity contribution >= 4 is 15.9 Å². The summed E-state index contributed by atoms with van der Waals surface area (Å²) in [5.41, 5.74) is 8.25. The molecular weight excluding hydrogens is 334 g/mol. The van der Waals surface area contributed by atoms with Crippen molar-refractivity contribution in [1.29, 1.82) is 0 Å². The van der Waals surface area contributed by atoms with E-state index < -0.39 is 0 Å². The van der Waals surface area contributed by atoms with Gasteiger partial charge in [0.15, 0.2) is 11.5 Å². The number of methoxy groups -OCH3 is 2. The first-order chi connectivity index (χ1) is 10.0. The Kier molecular flexibility index (Phi) is 4.90. The lowest BCUT2D eigenvalue weighted by atomic mass is 10.0. The van der Waals surface area contributed by atoms with Gasteiger partial charge >= 0.3 is 0 Å². The van der Waals surface area contributed by atoms with Gasteiger partial charge in [0.25, 0.3) is 0 Å². The Hall–Kier alpha value is -1.53. The Balaban J connectivity index is 2.55. The van der Waals surface area contributed by atoms with Gasteiger partial charge in [-0.1, -0.05) is 12.1 Å². The molecule has 0 saturated carbocycles. The summed E-state index contributed by atoms with van der Waals surface area (Å²) in [7, 11) is 3.23. The van der Waals surface area contributed by atoms with Crippen LogP contribution in [0.1, 0.15) is 37.2 Å². The molecule has 1 aromatic heterocycles. The van der Waals surface area contributed by atoms with Crippen molar-refractivity contribution in [3.05, 3.63) is 40.1 Å². The molecule has 0 radical (unpaired) electrons. The third-order valence-electron chi connectivity index (χ3n) is 3.34. The van der Waals surface area contributed by atoms with E-state index in [-0.39, 0.29) is 12.1 Å². The highest BCUT2D eigenvalue weighted by atomic mass is 79.9. The van der Waals surface area contributed by atoms with Crippen molar-refractivity contribution in [2.75, 3.05) is 14.2 Å². The summed E-state index contributed by atoms with van der Waals surface area (Å²) in [6, 6.07) is 5.55. The van der Waals surface area contributed by atoms with Gasteiger partial charge in [-0.3, -0.25) is 4.68 Å². The van der Waals surface area contributed by atoms with Crippen LogP contribution in [0.15, 0.2) is 28.9 Å². The van der Waals surface area contributed by atoms with Gasteiger partial charge in [0.2, 0.25) is 0 Å². The summed E-state index contributed by atoms with van der Waals surface area (Å²) in [5, 5.41) is 4.38. The van der Waals surface area contributed by atoms with Crippen molar-refractivity contribution in [1.82, 2.24) is 9.78 Å². The number of hydrogen-bond acceptors (Lipinski definition) is 4. The number of hydrogen-bond donors (Lipinski definition) is 1. The van der Waals surface area contributed by atoms with E-state index in [1.165, 1.54) is 0 Å². The minimum absolute atomic E-state index is 0.217. The average Bonchev–Trinajstić information content (AvgIpc) is 2.87. The molecule has 21 heavy (non-hydrogen) atoms. The first-order valence-corrected chi connectivity index (χ1v) is 7.49. The predicted molar refractivity (Wildman–Crippen MR) is 85.9 cm³/mol. The number of para-hydroxylation sites is 1. The van der Waals surface area contributed by atoms with E-state index in [0.29, 0.717) is 11.5 Å². The summed E-state index contributed by atoms with van der Waals surface area (Å²) >= 11 is 3.53. The normalized spacial score (nSPS) is 12.5. The fourth-order valence-corrected chi connectivity index (χ4v) is 2.88. The molecule has 1 atom stereocenters. The number of rotatable bonds is 5. The van der Waals surface area contributed by atoms with Crippen LogP contribution in [0.2, 0.25) is 0 Å². The van der Waals surface area contributed by atoms with Crippen LogP contribution < -0.4 is 15.2 Å². The molecule has 5 nitrogen and oxygen atoms in total. The third kappa shape index (κ3) is 2.91. The number of aromatic nitrogens is 2. The lowest BCUT2D eigenvalue weighted by Gasteiger charge is -2.21. The highest BCUT2D eigenvalue weighted by molar-refractivity contribution is 9.10. The number of ether oxygens (including phenoxy) is 2. The van der Waals surface area contributed by atoms with E-state index in [1.807, 2.05) is 22.9 Å². The molecule has 1 heterocycles. The van der Waals surface area contributed by atoms with Crippen LogP contribution in [0.5, 0.6) is 11.5 Å². The fourth-order valence-electron chi connectivity index (χ4n) is 2.36. The zero-order chi connectivity index (χ0) is 15.6. The molecule has 0 aliphatic heterocycles. The minimum Gasteiger partial charge on any atom is -0.493 e. The van der Waals surface area contributed by atoms with Crippen molar-refractivity contribution in [3.8, 4) is 11.5 Å². The number of nitrogens with zero attached hydrogens (tertiary/aromatic N) is 2. The molecule has 6 heteroatoms. The van der Waals surface area contributed by atoms with Gasteiger partial charge in [0, 0.05) is 11.6 Å². The summed E-state index contributed by atoms with van der Waals surface area (Å²) in [6.07, 6.45) is 1.77. The van der Waals surface area contributed by atoms with E-state index in [9.17, 15) is 0 Å². The average molecular weight is 354 g/mol. The largest absolute Gasteiger partial charge is 0.493 e. The third-order valence-corrected chi connectivity index (χ3v) is 3.95. The molecule has 0 saturated heterocycles. The minimum atomic E-state index is -0.366. The zero-order valence-corrected chi connectivity index (χ0v) is 14.2. The Morgan fingerprint density at radius 1 is 1.24 bits per heavy atom. The smallest absolute Gasteiger partial charge is 0.165 e. The van der Waals surface area contributed by atoms with Crippen LogP contribution >= 0.6 is 15.9 Å². The van der Waals surface area contributed by atoms with Gasteiger partial charge in [-0.2, -0.15) is 5.10 Å². The summed E-state index contributed by atoms with van der Waals surface area (Å²) < 4.78 is 13.6. The van der Waals surface area contributed by atoms with Gasteiger partial charge in [-0.15, -0.1) is 0 Å². The van der Waals surface area contributed by atoms with Crippen LogP contribution in [0, 0.1) is 0 Å². The first kappa shape index (κ1) is 15.9.